The van der Waals surface area contributed by atoms with Crippen LogP contribution >= 0.6 is 0 Å². The lowest BCUT2D eigenvalue weighted by Gasteiger charge is -2.20. The van der Waals surface area contributed by atoms with Crippen LogP contribution in [-0.4, -0.2) is 0 Å². The fourth-order valence-corrected chi connectivity index (χ4v) is 10.7. The Kier molecular flexibility index (Phi) is 7.43. The lowest BCUT2D eigenvalue weighted by Crippen LogP contribution is -1.93. The Morgan fingerprint density at radius 1 is 0.219 bits per heavy atom. The molecule has 64 heavy (non-hydrogen) atoms. The molecule has 2 aromatic heterocycles. The zero-order valence-corrected chi connectivity index (χ0v) is 34.6. The van der Waals surface area contributed by atoms with Gasteiger partial charge in [0.25, 0.3) is 0 Å². The molecule has 0 atom stereocenters. The van der Waals surface area contributed by atoms with Crippen LogP contribution < -0.4 is 0 Å². The maximum Gasteiger partial charge on any atom is 0.143 e. The smallest absolute Gasteiger partial charge is 0.143 e. The minimum Gasteiger partial charge on any atom is -0.455 e. The first-order chi connectivity index (χ1) is 31.7. The van der Waals surface area contributed by atoms with Crippen molar-refractivity contribution < 1.29 is 8.83 Å². The highest BCUT2D eigenvalue weighted by molar-refractivity contribution is 6.24. The molecule has 12 aromatic carbocycles. The molecule has 0 amide bonds. The minimum atomic E-state index is 0.894. The van der Waals surface area contributed by atoms with Gasteiger partial charge in [-0.3, -0.25) is 0 Å². The topological polar surface area (TPSA) is 26.3 Å². The molecule has 14 aromatic rings. The van der Waals surface area contributed by atoms with Gasteiger partial charge in [-0.05, 0) is 136 Å². The predicted molar refractivity (Wildman–Crippen MR) is 270 cm³/mol. The highest BCUT2D eigenvalue weighted by Crippen LogP contribution is 2.48. The SMILES string of the molecule is c1ccc2cc(-c3c4ccccc4c(-c4cc(-c5cc6c7ccccc7oc6c6ccccc56)cc(-c5cc6c7ccccc7oc6c6ccccc56)c4)c4ccccc34)ccc2c1. The second-order valence-electron chi connectivity index (χ2n) is 17.1. The molecule has 0 saturated heterocycles. The molecule has 0 aliphatic rings. The Morgan fingerprint density at radius 3 is 1.09 bits per heavy atom. The number of benzene rings is 12. The van der Waals surface area contributed by atoms with Crippen LogP contribution in [0.3, 0.4) is 0 Å². The Balaban J connectivity index is 1.12. The van der Waals surface area contributed by atoms with E-state index in [1.165, 1.54) is 60.1 Å². The molecule has 2 heteroatoms. The molecule has 0 fully saturated rings. The molecule has 2 heterocycles. The zero-order valence-electron chi connectivity index (χ0n) is 34.6. The van der Waals surface area contributed by atoms with Gasteiger partial charge in [-0.25, -0.2) is 0 Å². The van der Waals surface area contributed by atoms with Crippen molar-refractivity contribution in [2.45, 2.75) is 0 Å². The third-order valence-electron chi connectivity index (χ3n) is 13.6. The van der Waals surface area contributed by atoms with Crippen LogP contribution in [0.15, 0.2) is 227 Å². The van der Waals surface area contributed by atoms with E-state index in [1.54, 1.807) is 0 Å². The molecular formula is C62H36O2. The van der Waals surface area contributed by atoms with E-state index < -0.39 is 0 Å². The van der Waals surface area contributed by atoms with Gasteiger partial charge in [-0.2, -0.15) is 0 Å². The van der Waals surface area contributed by atoms with Gasteiger partial charge in [-0.1, -0.05) is 170 Å². The summed E-state index contributed by atoms with van der Waals surface area (Å²) in [4.78, 5) is 0. The average molecular weight is 813 g/mol. The summed E-state index contributed by atoms with van der Waals surface area (Å²) in [5, 5.41) is 16.3. The van der Waals surface area contributed by atoms with Gasteiger partial charge in [0.2, 0.25) is 0 Å². The molecule has 14 rings (SSSR count). The van der Waals surface area contributed by atoms with Crippen molar-refractivity contribution in [3.63, 3.8) is 0 Å². The van der Waals surface area contributed by atoms with E-state index >= 15 is 0 Å². The van der Waals surface area contributed by atoms with E-state index in [4.69, 9.17) is 8.83 Å². The van der Waals surface area contributed by atoms with Crippen LogP contribution in [0.2, 0.25) is 0 Å². The van der Waals surface area contributed by atoms with Crippen LogP contribution in [-0.2, 0) is 0 Å². The molecule has 0 aliphatic heterocycles. The molecule has 0 unspecified atom stereocenters. The summed E-state index contributed by atoms with van der Waals surface area (Å²) in [5.41, 5.74) is 13.1. The summed E-state index contributed by atoms with van der Waals surface area (Å²) in [6, 6.07) is 79.7. The normalized spacial score (nSPS) is 12.1. The lowest BCUT2D eigenvalue weighted by molar-refractivity contribution is 0.672. The van der Waals surface area contributed by atoms with Gasteiger partial charge in [0.15, 0.2) is 0 Å². The predicted octanol–water partition coefficient (Wildman–Crippen LogP) is 17.9. The molecule has 0 aliphatic carbocycles. The second kappa shape index (κ2) is 13.5. The summed E-state index contributed by atoms with van der Waals surface area (Å²) >= 11 is 0. The van der Waals surface area contributed by atoms with E-state index in [-0.39, 0.29) is 0 Å². The Hall–Kier alpha value is -8.46. The van der Waals surface area contributed by atoms with Gasteiger partial charge in [0, 0.05) is 32.3 Å². The van der Waals surface area contributed by atoms with Crippen molar-refractivity contribution >= 4 is 97.7 Å². The maximum absolute atomic E-state index is 6.62. The third-order valence-corrected chi connectivity index (χ3v) is 13.6. The average Bonchev–Trinajstić information content (AvgIpc) is 3.94. The van der Waals surface area contributed by atoms with Gasteiger partial charge >= 0.3 is 0 Å². The minimum absolute atomic E-state index is 0.894. The van der Waals surface area contributed by atoms with Crippen molar-refractivity contribution in [1.82, 2.24) is 0 Å². The molecule has 0 bridgehead atoms. The first kappa shape index (κ1) is 35.2. The fourth-order valence-electron chi connectivity index (χ4n) is 10.7. The summed E-state index contributed by atoms with van der Waals surface area (Å²) < 4.78 is 13.2. The Labute approximate surface area is 367 Å². The molecule has 0 radical (unpaired) electrons. The highest BCUT2D eigenvalue weighted by Gasteiger charge is 2.22. The summed E-state index contributed by atoms with van der Waals surface area (Å²) in [6.07, 6.45) is 0. The molecule has 296 valence electrons. The number of para-hydroxylation sites is 2. The number of furan rings is 2. The largest absolute Gasteiger partial charge is 0.455 e. The van der Waals surface area contributed by atoms with E-state index in [1.807, 2.05) is 12.1 Å². The number of fused-ring (bicyclic) bond motifs is 13. The first-order valence-corrected chi connectivity index (χ1v) is 22.0. The van der Waals surface area contributed by atoms with E-state index in [2.05, 4.69) is 206 Å². The van der Waals surface area contributed by atoms with Crippen LogP contribution in [0.5, 0.6) is 0 Å². The van der Waals surface area contributed by atoms with Crippen LogP contribution in [0.4, 0.5) is 0 Å². The second-order valence-corrected chi connectivity index (χ2v) is 17.1. The quantitative estimate of drug-likeness (QED) is 0.166. The van der Waals surface area contributed by atoms with Crippen molar-refractivity contribution in [1.29, 1.82) is 0 Å². The lowest BCUT2D eigenvalue weighted by atomic mass is 9.83. The Morgan fingerprint density at radius 2 is 0.594 bits per heavy atom. The van der Waals surface area contributed by atoms with E-state index in [0.717, 1.165) is 82.1 Å². The van der Waals surface area contributed by atoms with Gasteiger partial charge in [0.05, 0.1) is 0 Å². The monoisotopic (exact) mass is 812 g/mol. The summed E-state index contributed by atoms with van der Waals surface area (Å²) in [7, 11) is 0. The number of hydrogen-bond donors (Lipinski definition) is 0. The van der Waals surface area contributed by atoms with Crippen molar-refractivity contribution in [3.8, 4) is 44.5 Å². The molecule has 0 saturated carbocycles. The number of rotatable bonds is 4. The molecule has 0 N–H and O–H groups in total. The standard InChI is InChI=1S/C62H36O2/c1-2-16-38-31-39(30-29-37(38)15-1)59-47-21-5-7-23-49(47)60(50-24-8-6-22-48(50)59)42-33-40(53-35-55-45-19-11-13-27-57(45)63-61(55)51-25-9-3-17-43(51)53)32-41(34-42)54-36-56-46-20-12-14-28-58(46)64-62(56)52-26-10-4-18-44(52)54/h1-36H. The van der Waals surface area contributed by atoms with Crippen molar-refractivity contribution in [2.24, 2.45) is 0 Å². The fraction of sp³-hybridized carbons (Fsp3) is 0. The number of hydrogen-bond acceptors (Lipinski definition) is 2. The summed E-state index contributed by atoms with van der Waals surface area (Å²) in [5.74, 6) is 0. The van der Waals surface area contributed by atoms with Crippen LogP contribution in [0, 0.1) is 0 Å². The third kappa shape index (κ3) is 5.14. The van der Waals surface area contributed by atoms with E-state index in [9.17, 15) is 0 Å². The first-order valence-electron chi connectivity index (χ1n) is 22.0. The molecule has 0 spiro atoms. The van der Waals surface area contributed by atoms with E-state index in [0.29, 0.717) is 0 Å². The molecule has 2 nitrogen and oxygen atoms in total. The maximum atomic E-state index is 6.62. The summed E-state index contributed by atoms with van der Waals surface area (Å²) in [6.45, 7) is 0. The Bertz CT molecular complexity index is 4030. The molecular weight excluding hydrogens is 777 g/mol. The van der Waals surface area contributed by atoms with Gasteiger partial charge in [-0.15, -0.1) is 0 Å². The van der Waals surface area contributed by atoms with Crippen LogP contribution in [0.1, 0.15) is 0 Å². The van der Waals surface area contributed by atoms with Crippen LogP contribution in [0.25, 0.3) is 142 Å². The zero-order chi connectivity index (χ0) is 41.9. The van der Waals surface area contributed by atoms with Gasteiger partial charge in [0.1, 0.15) is 22.3 Å². The van der Waals surface area contributed by atoms with Gasteiger partial charge < -0.3 is 8.83 Å². The van der Waals surface area contributed by atoms with Crippen molar-refractivity contribution in [2.75, 3.05) is 0 Å². The van der Waals surface area contributed by atoms with Crippen molar-refractivity contribution in [3.05, 3.63) is 218 Å². The highest BCUT2D eigenvalue weighted by atomic mass is 16.3.